The molecule has 2 heterocycles. The third-order valence-corrected chi connectivity index (χ3v) is 6.09. The number of aryl methyl sites for hydroxylation is 2. The standard InChI is InChI=1S/C22H23ClN4OS/c1-15-19(16(2)27(26-15)13-4-12-24)10-11-21(28)25-22(20-5-3-14-29-20)17-6-8-18(23)9-7-17/h3,5-9,14,22H,4,10-11,13H2,1-2H3,(H,25,28). The molecule has 7 heteroatoms. The summed E-state index contributed by atoms with van der Waals surface area (Å²) in [7, 11) is 0. The number of hydrogen-bond donors (Lipinski definition) is 1. The van der Waals surface area contributed by atoms with E-state index in [1.165, 1.54) is 0 Å². The van der Waals surface area contributed by atoms with Crippen LogP contribution < -0.4 is 5.32 Å². The summed E-state index contributed by atoms with van der Waals surface area (Å²) < 4.78 is 1.86. The second-order valence-corrected chi connectivity index (χ2v) is 8.26. The van der Waals surface area contributed by atoms with E-state index in [0.717, 1.165) is 27.4 Å². The van der Waals surface area contributed by atoms with Gasteiger partial charge in [-0.05, 0) is 55.0 Å². The summed E-state index contributed by atoms with van der Waals surface area (Å²) in [5.74, 6) is -0.0121. The highest BCUT2D eigenvalue weighted by atomic mass is 35.5. The molecule has 0 fully saturated rings. The van der Waals surface area contributed by atoms with Crippen LogP contribution in [0.5, 0.6) is 0 Å². The third-order valence-electron chi connectivity index (χ3n) is 4.91. The summed E-state index contributed by atoms with van der Waals surface area (Å²) in [6.07, 6.45) is 1.42. The molecule has 0 saturated heterocycles. The van der Waals surface area contributed by atoms with E-state index in [2.05, 4.69) is 16.5 Å². The zero-order valence-corrected chi connectivity index (χ0v) is 18.1. The number of thiophene rings is 1. The minimum absolute atomic E-state index is 0.0121. The van der Waals surface area contributed by atoms with Crippen LogP contribution in [0.25, 0.3) is 0 Å². The second-order valence-electron chi connectivity index (χ2n) is 6.85. The van der Waals surface area contributed by atoms with Crippen molar-refractivity contribution >= 4 is 28.8 Å². The summed E-state index contributed by atoms with van der Waals surface area (Å²) >= 11 is 7.63. The quantitative estimate of drug-likeness (QED) is 0.552. The van der Waals surface area contributed by atoms with Gasteiger partial charge in [0.15, 0.2) is 0 Å². The fourth-order valence-corrected chi connectivity index (χ4v) is 4.30. The summed E-state index contributed by atoms with van der Waals surface area (Å²) in [4.78, 5) is 13.8. The summed E-state index contributed by atoms with van der Waals surface area (Å²) in [6.45, 7) is 4.52. The Morgan fingerprint density at radius 1 is 1.31 bits per heavy atom. The number of rotatable bonds is 8. The van der Waals surface area contributed by atoms with Crippen molar-refractivity contribution in [2.75, 3.05) is 0 Å². The first kappa shape index (κ1) is 21.1. The fraction of sp³-hybridized carbons (Fsp3) is 0.318. The molecule has 0 spiro atoms. The molecule has 1 N–H and O–H groups in total. The van der Waals surface area contributed by atoms with E-state index in [1.54, 1.807) is 11.3 Å². The summed E-state index contributed by atoms with van der Waals surface area (Å²) in [5, 5.41) is 19.1. The van der Waals surface area contributed by atoms with Gasteiger partial charge in [-0.2, -0.15) is 10.4 Å². The summed E-state index contributed by atoms with van der Waals surface area (Å²) in [5.41, 5.74) is 4.03. The van der Waals surface area contributed by atoms with Crippen LogP contribution >= 0.6 is 22.9 Å². The molecule has 150 valence electrons. The lowest BCUT2D eigenvalue weighted by Gasteiger charge is -2.18. The van der Waals surface area contributed by atoms with Crippen molar-refractivity contribution < 1.29 is 4.79 Å². The maximum absolute atomic E-state index is 12.8. The predicted molar refractivity (Wildman–Crippen MR) is 116 cm³/mol. The number of nitrogens with one attached hydrogen (secondary N) is 1. The van der Waals surface area contributed by atoms with Gasteiger partial charge in [-0.25, -0.2) is 0 Å². The van der Waals surface area contributed by atoms with Gasteiger partial charge in [-0.15, -0.1) is 11.3 Å². The maximum atomic E-state index is 12.8. The van der Waals surface area contributed by atoms with Crippen molar-refractivity contribution in [2.45, 2.75) is 45.7 Å². The predicted octanol–water partition coefficient (Wildman–Crippen LogP) is 4.97. The molecule has 0 aliphatic heterocycles. The number of nitrogens with zero attached hydrogens (tertiary/aromatic N) is 3. The second kappa shape index (κ2) is 9.73. The number of hydrogen-bond acceptors (Lipinski definition) is 4. The largest absolute Gasteiger partial charge is 0.344 e. The van der Waals surface area contributed by atoms with E-state index in [-0.39, 0.29) is 11.9 Å². The maximum Gasteiger partial charge on any atom is 0.221 e. The zero-order chi connectivity index (χ0) is 20.8. The molecule has 1 amide bonds. The topological polar surface area (TPSA) is 70.7 Å². The van der Waals surface area contributed by atoms with Crippen molar-refractivity contribution in [3.05, 3.63) is 74.2 Å². The van der Waals surface area contributed by atoms with Crippen LogP contribution in [0.1, 0.15) is 46.3 Å². The van der Waals surface area contributed by atoms with Crippen molar-refractivity contribution in [1.29, 1.82) is 5.26 Å². The van der Waals surface area contributed by atoms with Crippen LogP contribution in [0, 0.1) is 25.2 Å². The molecular formula is C22H23ClN4OS. The SMILES string of the molecule is Cc1nn(CCC#N)c(C)c1CCC(=O)NC(c1ccc(Cl)cc1)c1cccs1. The van der Waals surface area contributed by atoms with E-state index >= 15 is 0 Å². The first-order valence-corrected chi connectivity index (χ1v) is 10.7. The molecule has 0 saturated carbocycles. The highest BCUT2D eigenvalue weighted by molar-refractivity contribution is 7.10. The molecule has 0 bridgehead atoms. The molecule has 1 unspecified atom stereocenters. The van der Waals surface area contributed by atoms with Gasteiger partial charge in [-0.1, -0.05) is 29.8 Å². The highest BCUT2D eigenvalue weighted by Crippen LogP contribution is 2.27. The van der Waals surface area contributed by atoms with Gasteiger partial charge in [0.2, 0.25) is 5.91 Å². The Kier molecular flexibility index (Phi) is 7.08. The molecule has 0 aliphatic carbocycles. The highest BCUT2D eigenvalue weighted by Gasteiger charge is 2.19. The number of carbonyl (C=O) groups excluding carboxylic acids is 1. The van der Waals surface area contributed by atoms with Gasteiger partial charge < -0.3 is 5.32 Å². The van der Waals surface area contributed by atoms with Crippen LogP contribution in [0.4, 0.5) is 0 Å². The van der Waals surface area contributed by atoms with E-state index in [9.17, 15) is 4.79 Å². The first-order chi connectivity index (χ1) is 14.0. The van der Waals surface area contributed by atoms with Crippen LogP contribution in [0.15, 0.2) is 41.8 Å². The molecule has 0 radical (unpaired) electrons. The molecule has 5 nitrogen and oxygen atoms in total. The minimum Gasteiger partial charge on any atom is -0.344 e. The molecule has 2 aromatic heterocycles. The lowest BCUT2D eigenvalue weighted by Crippen LogP contribution is -2.29. The van der Waals surface area contributed by atoms with Crippen molar-refractivity contribution in [1.82, 2.24) is 15.1 Å². The number of benzene rings is 1. The number of aromatic nitrogens is 2. The Bertz CT molecular complexity index is 1000. The van der Waals surface area contributed by atoms with E-state index in [0.29, 0.717) is 30.8 Å². The Labute approximate surface area is 179 Å². The molecule has 1 aromatic carbocycles. The monoisotopic (exact) mass is 426 g/mol. The number of amides is 1. The van der Waals surface area contributed by atoms with Gasteiger partial charge in [-0.3, -0.25) is 9.48 Å². The van der Waals surface area contributed by atoms with Gasteiger partial charge in [0.25, 0.3) is 0 Å². The lowest BCUT2D eigenvalue weighted by atomic mass is 10.0. The molecule has 29 heavy (non-hydrogen) atoms. The van der Waals surface area contributed by atoms with E-state index in [1.807, 2.05) is 60.3 Å². The summed E-state index contributed by atoms with van der Waals surface area (Å²) in [6, 6.07) is 13.5. The Balaban J connectivity index is 1.69. The third kappa shape index (κ3) is 5.26. The Morgan fingerprint density at radius 2 is 2.07 bits per heavy atom. The van der Waals surface area contributed by atoms with Gasteiger partial charge in [0.1, 0.15) is 0 Å². The number of carbonyl (C=O) groups is 1. The minimum atomic E-state index is -0.194. The molecule has 0 aliphatic rings. The zero-order valence-electron chi connectivity index (χ0n) is 16.5. The normalized spacial score (nSPS) is 11.8. The van der Waals surface area contributed by atoms with Gasteiger partial charge in [0, 0.05) is 22.0 Å². The van der Waals surface area contributed by atoms with Gasteiger partial charge in [0.05, 0.1) is 30.8 Å². The lowest BCUT2D eigenvalue weighted by molar-refractivity contribution is -0.121. The Hall–Kier alpha value is -2.62. The van der Waals surface area contributed by atoms with Crippen LogP contribution in [-0.2, 0) is 17.8 Å². The van der Waals surface area contributed by atoms with Crippen LogP contribution in [0.3, 0.4) is 0 Å². The fourth-order valence-electron chi connectivity index (χ4n) is 3.37. The molecule has 1 atom stereocenters. The average Bonchev–Trinajstić information content (AvgIpc) is 3.32. The first-order valence-electron chi connectivity index (χ1n) is 9.47. The molecular weight excluding hydrogens is 404 g/mol. The van der Waals surface area contributed by atoms with E-state index in [4.69, 9.17) is 16.9 Å². The van der Waals surface area contributed by atoms with Gasteiger partial charge >= 0.3 is 0 Å². The molecule has 3 aromatic rings. The number of halogens is 1. The van der Waals surface area contributed by atoms with E-state index < -0.39 is 0 Å². The molecule has 3 rings (SSSR count). The van der Waals surface area contributed by atoms with Crippen molar-refractivity contribution in [2.24, 2.45) is 0 Å². The Morgan fingerprint density at radius 3 is 2.72 bits per heavy atom. The van der Waals surface area contributed by atoms with Crippen LogP contribution in [0.2, 0.25) is 5.02 Å². The number of nitriles is 1. The van der Waals surface area contributed by atoms with Crippen molar-refractivity contribution in [3.8, 4) is 6.07 Å². The van der Waals surface area contributed by atoms with Crippen molar-refractivity contribution in [3.63, 3.8) is 0 Å². The smallest absolute Gasteiger partial charge is 0.221 e. The van der Waals surface area contributed by atoms with Crippen LogP contribution in [-0.4, -0.2) is 15.7 Å². The average molecular weight is 427 g/mol.